The lowest BCUT2D eigenvalue weighted by Gasteiger charge is -2.40. The van der Waals surface area contributed by atoms with Crippen LogP contribution in [0.1, 0.15) is 37.3 Å². The van der Waals surface area contributed by atoms with Gasteiger partial charge in [-0.1, -0.05) is 34.1 Å². The molecule has 1 saturated heterocycles. The molecule has 2 atom stereocenters. The third-order valence-electron chi connectivity index (χ3n) is 3.85. The molecule has 1 aromatic carbocycles. The van der Waals surface area contributed by atoms with Gasteiger partial charge >= 0.3 is 0 Å². The zero-order valence-corrected chi connectivity index (χ0v) is 11.8. The lowest BCUT2D eigenvalue weighted by atomic mass is 9.90. The summed E-state index contributed by atoms with van der Waals surface area (Å²) in [6.07, 6.45) is 3.63. The highest BCUT2D eigenvalue weighted by Gasteiger charge is 2.43. The molecule has 1 aliphatic heterocycles. The van der Waals surface area contributed by atoms with Crippen molar-refractivity contribution in [2.45, 2.75) is 43.8 Å². The van der Waals surface area contributed by atoms with Crippen molar-refractivity contribution in [3.8, 4) is 0 Å². The van der Waals surface area contributed by atoms with Crippen LogP contribution in [0.15, 0.2) is 28.7 Å². The minimum atomic E-state index is 0.0364. The predicted molar refractivity (Wildman–Crippen MR) is 74.0 cm³/mol. The van der Waals surface area contributed by atoms with Gasteiger partial charge in [-0.2, -0.15) is 0 Å². The molecule has 18 heavy (non-hydrogen) atoms. The van der Waals surface area contributed by atoms with Crippen molar-refractivity contribution < 1.29 is 4.79 Å². The molecule has 1 aromatic rings. The maximum absolute atomic E-state index is 12.2. The molecule has 1 aliphatic carbocycles. The molecule has 1 amide bonds. The molecule has 2 unspecified atom stereocenters. The summed E-state index contributed by atoms with van der Waals surface area (Å²) in [7, 11) is 0. The van der Waals surface area contributed by atoms with Crippen LogP contribution in [-0.2, 0) is 4.79 Å². The molecule has 0 spiro atoms. The van der Waals surface area contributed by atoms with Crippen LogP contribution in [0.5, 0.6) is 0 Å². The molecule has 3 rings (SSSR count). The second-order valence-corrected chi connectivity index (χ2v) is 6.06. The highest BCUT2D eigenvalue weighted by atomic mass is 79.9. The molecule has 0 aromatic heterocycles. The number of halogens is 1. The second kappa shape index (κ2) is 4.67. The molecule has 2 fully saturated rings. The summed E-state index contributed by atoms with van der Waals surface area (Å²) in [6, 6.07) is 8.59. The van der Waals surface area contributed by atoms with E-state index in [1.807, 2.05) is 23.1 Å². The number of hydrogen-bond donors (Lipinski definition) is 1. The summed E-state index contributed by atoms with van der Waals surface area (Å²) in [5, 5.41) is 0. The SMILES string of the molecule is NC1CCC(=O)N(C2CC2)C1c1ccccc1Br. The number of carbonyl (C=O) groups is 1. The molecule has 0 bridgehead atoms. The first-order chi connectivity index (χ1) is 8.68. The third kappa shape index (κ3) is 2.08. The Labute approximate surface area is 115 Å². The number of amides is 1. The number of carbonyl (C=O) groups excluding carboxylic acids is 1. The second-order valence-electron chi connectivity index (χ2n) is 5.20. The number of piperidine rings is 1. The lowest BCUT2D eigenvalue weighted by molar-refractivity contribution is -0.138. The average Bonchev–Trinajstić information content (AvgIpc) is 3.17. The summed E-state index contributed by atoms with van der Waals surface area (Å²) in [6.45, 7) is 0. The van der Waals surface area contributed by atoms with Crippen molar-refractivity contribution in [2.24, 2.45) is 5.73 Å². The highest BCUT2D eigenvalue weighted by Crippen LogP contribution is 2.41. The van der Waals surface area contributed by atoms with Crippen LogP contribution in [0.3, 0.4) is 0 Å². The largest absolute Gasteiger partial charge is 0.331 e. The van der Waals surface area contributed by atoms with Crippen molar-refractivity contribution in [3.05, 3.63) is 34.3 Å². The molecule has 0 radical (unpaired) electrons. The van der Waals surface area contributed by atoms with Gasteiger partial charge in [0.25, 0.3) is 0 Å². The van der Waals surface area contributed by atoms with E-state index in [1.54, 1.807) is 0 Å². The van der Waals surface area contributed by atoms with E-state index in [-0.39, 0.29) is 18.0 Å². The summed E-state index contributed by atoms with van der Waals surface area (Å²) in [5.74, 6) is 0.264. The first kappa shape index (κ1) is 12.2. The maximum atomic E-state index is 12.2. The number of likely N-dealkylation sites (tertiary alicyclic amines) is 1. The number of hydrogen-bond acceptors (Lipinski definition) is 2. The number of nitrogens with zero attached hydrogens (tertiary/aromatic N) is 1. The van der Waals surface area contributed by atoms with Gasteiger partial charge in [0.1, 0.15) is 0 Å². The van der Waals surface area contributed by atoms with E-state index < -0.39 is 0 Å². The summed E-state index contributed by atoms with van der Waals surface area (Å²) in [5.41, 5.74) is 7.43. The molecule has 3 nitrogen and oxygen atoms in total. The highest BCUT2D eigenvalue weighted by molar-refractivity contribution is 9.10. The smallest absolute Gasteiger partial charge is 0.223 e. The monoisotopic (exact) mass is 308 g/mol. The fraction of sp³-hybridized carbons (Fsp3) is 0.500. The Kier molecular flexibility index (Phi) is 3.16. The van der Waals surface area contributed by atoms with Gasteiger partial charge in [-0.15, -0.1) is 0 Å². The number of benzene rings is 1. The minimum Gasteiger partial charge on any atom is -0.331 e. The molecule has 4 heteroatoms. The molecular weight excluding hydrogens is 292 g/mol. The van der Waals surface area contributed by atoms with Crippen LogP contribution in [0, 0.1) is 0 Å². The third-order valence-corrected chi connectivity index (χ3v) is 4.57. The molecule has 2 aliphatic rings. The summed E-state index contributed by atoms with van der Waals surface area (Å²) in [4.78, 5) is 14.2. The summed E-state index contributed by atoms with van der Waals surface area (Å²) < 4.78 is 1.05. The summed E-state index contributed by atoms with van der Waals surface area (Å²) >= 11 is 3.58. The van der Waals surface area contributed by atoms with Crippen LogP contribution in [0.2, 0.25) is 0 Å². The van der Waals surface area contributed by atoms with Gasteiger partial charge in [0, 0.05) is 23.0 Å². The van der Waals surface area contributed by atoms with E-state index in [2.05, 4.69) is 22.0 Å². The van der Waals surface area contributed by atoms with E-state index >= 15 is 0 Å². The Morgan fingerprint density at radius 1 is 1.22 bits per heavy atom. The Hall–Kier alpha value is -0.870. The van der Waals surface area contributed by atoms with E-state index in [0.717, 1.165) is 29.3 Å². The van der Waals surface area contributed by atoms with Gasteiger partial charge in [0.2, 0.25) is 5.91 Å². The van der Waals surface area contributed by atoms with Crippen LogP contribution >= 0.6 is 15.9 Å². The van der Waals surface area contributed by atoms with Gasteiger partial charge in [-0.05, 0) is 30.9 Å². The Morgan fingerprint density at radius 2 is 1.94 bits per heavy atom. The fourth-order valence-electron chi connectivity index (χ4n) is 2.82. The number of rotatable bonds is 2. The molecule has 1 saturated carbocycles. The Balaban J connectivity index is 2.00. The predicted octanol–water partition coefficient (Wildman–Crippen LogP) is 2.60. The molecule has 1 heterocycles. The van der Waals surface area contributed by atoms with Crippen LogP contribution in [-0.4, -0.2) is 22.9 Å². The zero-order chi connectivity index (χ0) is 12.7. The minimum absolute atomic E-state index is 0.0364. The van der Waals surface area contributed by atoms with Crippen LogP contribution in [0.25, 0.3) is 0 Å². The van der Waals surface area contributed by atoms with E-state index in [4.69, 9.17) is 5.73 Å². The lowest BCUT2D eigenvalue weighted by Crippen LogP contribution is -2.49. The van der Waals surface area contributed by atoms with Crippen molar-refractivity contribution in [1.29, 1.82) is 0 Å². The first-order valence-electron chi connectivity index (χ1n) is 6.49. The van der Waals surface area contributed by atoms with Crippen molar-refractivity contribution in [2.75, 3.05) is 0 Å². The molecule has 96 valence electrons. The van der Waals surface area contributed by atoms with Crippen LogP contribution < -0.4 is 5.73 Å². The normalized spacial score (nSPS) is 28.6. The van der Waals surface area contributed by atoms with Crippen LogP contribution in [0.4, 0.5) is 0 Å². The fourth-order valence-corrected chi connectivity index (χ4v) is 3.34. The van der Waals surface area contributed by atoms with Gasteiger partial charge in [-0.25, -0.2) is 0 Å². The van der Waals surface area contributed by atoms with E-state index in [0.29, 0.717) is 12.5 Å². The Bertz CT molecular complexity index is 473. The molecular formula is C14H17BrN2O. The topological polar surface area (TPSA) is 46.3 Å². The Morgan fingerprint density at radius 3 is 2.61 bits per heavy atom. The van der Waals surface area contributed by atoms with Crippen molar-refractivity contribution >= 4 is 21.8 Å². The average molecular weight is 309 g/mol. The standard InChI is InChI=1S/C14H17BrN2O/c15-11-4-2-1-3-10(11)14-12(16)7-8-13(18)17(14)9-5-6-9/h1-4,9,12,14H,5-8,16H2. The van der Waals surface area contributed by atoms with Gasteiger partial charge < -0.3 is 10.6 Å². The van der Waals surface area contributed by atoms with Gasteiger partial charge in [-0.3, -0.25) is 4.79 Å². The molecule has 2 N–H and O–H groups in total. The van der Waals surface area contributed by atoms with E-state index in [1.165, 1.54) is 0 Å². The van der Waals surface area contributed by atoms with Gasteiger partial charge in [0.05, 0.1) is 6.04 Å². The zero-order valence-electron chi connectivity index (χ0n) is 10.2. The van der Waals surface area contributed by atoms with E-state index in [9.17, 15) is 4.79 Å². The van der Waals surface area contributed by atoms with Crippen molar-refractivity contribution in [1.82, 2.24) is 4.90 Å². The van der Waals surface area contributed by atoms with Crippen molar-refractivity contribution in [3.63, 3.8) is 0 Å². The number of nitrogens with two attached hydrogens (primary N) is 1. The quantitative estimate of drug-likeness (QED) is 0.913. The van der Waals surface area contributed by atoms with Gasteiger partial charge in [0.15, 0.2) is 0 Å². The maximum Gasteiger partial charge on any atom is 0.223 e. The first-order valence-corrected chi connectivity index (χ1v) is 7.29.